The van der Waals surface area contributed by atoms with Gasteiger partial charge in [0.15, 0.2) is 11.5 Å². The highest BCUT2D eigenvalue weighted by atomic mass is 16.3. The highest BCUT2D eigenvalue weighted by Crippen LogP contribution is 2.21. The van der Waals surface area contributed by atoms with Crippen molar-refractivity contribution in [3.05, 3.63) is 145 Å². The molecule has 5 rings (SSSR count). The Morgan fingerprint density at radius 2 is 0.625 bits per heavy atom. The third-order valence-electron chi connectivity index (χ3n) is 4.61. The van der Waals surface area contributed by atoms with E-state index in [-0.39, 0.29) is 11.5 Å². The van der Waals surface area contributed by atoms with Crippen molar-refractivity contribution in [1.82, 2.24) is 0 Å². The summed E-state index contributed by atoms with van der Waals surface area (Å²) in [5.74, 6) is -0.153. The van der Waals surface area contributed by atoms with Gasteiger partial charge in [0.2, 0.25) is 0 Å². The van der Waals surface area contributed by atoms with E-state index < -0.39 is 0 Å². The number of hydrogen-bond acceptors (Lipinski definition) is 2. The molecule has 2 nitrogen and oxygen atoms in total. The lowest BCUT2D eigenvalue weighted by Gasteiger charge is -1.92. The fraction of sp³-hybridized carbons (Fsp3) is 0. The van der Waals surface area contributed by atoms with Gasteiger partial charge in [-0.1, -0.05) is 133 Å². The summed E-state index contributed by atoms with van der Waals surface area (Å²) in [4.78, 5) is 0. The normalized spacial score (nSPS) is 10.0. The highest BCUT2D eigenvalue weighted by molar-refractivity contribution is 5.82. The molecule has 0 spiro atoms. The molecule has 0 unspecified atom stereocenters. The van der Waals surface area contributed by atoms with Crippen LogP contribution in [0.1, 0.15) is 11.1 Å². The Morgan fingerprint density at radius 1 is 0.344 bits per heavy atom. The van der Waals surface area contributed by atoms with Gasteiger partial charge in [-0.15, -0.1) is 0 Å². The summed E-state index contributed by atoms with van der Waals surface area (Å²) in [6, 6.07) is 43.5. The maximum Gasteiger partial charge on any atom is 0.157 e. The molecule has 0 aliphatic rings. The first-order valence-electron chi connectivity index (χ1n) is 10.4. The van der Waals surface area contributed by atoms with Crippen LogP contribution in [-0.4, -0.2) is 10.2 Å². The molecule has 0 radical (unpaired) electrons. The van der Waals surface area contributed by atoms with Crippen LogP contribution in [0, 0.1) is 0 Å². The Bertz CT molecular complexity index is 1100. The van der Waals surface area contributed by atoms with Crippen molar-refractivity contribution >= 4 is 22.9 Å². The van der Waals surface area contributed by atoms with Crippen molar-refractivity contribution in [3.63, 3.8) is 0 Å². The van der Waals surface area contributed by atoms with Crippen LogP contribution in [0.5, 0.6) is 11.5 Å². The highest BCUT2D eigenvalue weighted by Gasteiger charge is 1.90. The number of phenols is 2. The number of rotatable bonds is 2. The predicted octanol–water partition coefficient (Wildman–Crippen LogP) is 7.79. The molecule has 2 N–H and O–H groups in total. The summed E-state index contributed by atoms with van der Waals surface area (Å²) in [7, 11) is 0. The van der Waals surface area contributed by atoms with E-state index in [1.807, 2.05) is 36.4 Å². The molecule has 0 heterocycles. The maximum atomic E-state index is 8.67. The minimum absolute atomic E-state index is 0.0764. The van der Waals surface area contributed by atoms with E-state index in [4.69, 9.17) is 10.2 Å². The molecule has 5 aromatic rings. The van der Waals surface area contributed by atoms with Crippen molar-refractivity contribution < 1.29 is 10.2 Å². The van der Waals surface area contributed by atoms with Crippen molar-refractivity contribution in [2.45, 2.75) is 0 Å². The minimum atomic E-state index is -0.0764. The van der Waals surface area contributed by atoms with Crippen LogP contribution < -0.4 is 0 Å². The Hall–Kier alpha value is -4.30. The zero-order valence-corrected chi connectivity index (χ0v) is 17.8. The van der Waals surface area contributed by atoms with Crippen molar-refractivity contribution in [3.8, 4) is 11.5 Å². The fourth-order valence-corrected chi connectivity index (χ4v) is 2.92. The van der Waals surface area contributed by atoms with Gasteiger partial charge in [-0.2, -0.15) is 0 Å². The quantitative estimate of drug-likeness (QED) is 0.227. The summed E-state index contributed by atoms with van der Waals surface area (Å²) in [6.45, 7) is 0. The zero-order valence-electron chi connectivity index (χ0n) is 17.8. The number of fused-ring (bicyclic) bond motifs is 1. The van der Waals surface area contributed by atoms with Crippen LogP contribution in [-0.2, 0) is 0 Å². The van der Waals surface area contributed by atoms with Gasteiger partial charge in [0.05, 0.1) is 0 Å². The summed E-state index contributed by atoms with van der Waals surface area (Å²) in [5, 5.41) is 20.0. The molecular weight excluding hydrogens is 392 g/mol. The summed E-state index contributed by atoms with van der Waals surface area (Å²) >= 11 is 0. The summed E-state index contributed by atoms with van der Waals surface area (Å²) < 4.78 is 0. The molecule has 0 aromatic heterocycles. The molecule has 158 valence electrons. The molecule has 0 saturated carbocycles. The molecule has 0 atom stereocenters. The average Bonchev–Trinajstić information content (AvgIpc) is 2.87. The van der Waals surface area contributed by atoms with E-state index in [0.717, 1.165) is 0 Å². The number of para-hydroxylation sites is 2. The summed E-state index contributed by atoms with van der Waals surface area (Å²) in [5.41, 5.74) is 2.47. The van der Waals surface area contributed by atoms with Gasteiger partial charge in [0.25, 0.3) is 0 Å². The SMILES string of the molecule is C(=C\c1ccccc1)/c1ccccc1.Oc1ccccc1O.c1ccc2ccccc2c1. The van der Waals surface area contributed by atoms with Gasteiger partial charge in [-0.05, 0) is 34.0 Å². The smallest absolute Gasteiger partial charge is 0.157 e. The van der Waals surface area contributed by atoms with Crippen LogP contribution in [0.3, 0.4) is 0 Å². The Kier molecular flexibility index (Phi) is 8.68. The molecule has 0 fully saturated rings. The standard InChI is InChI=1S/C14H12.C10H8.C6H6O2/c1-3-7-13(8-4-1)11-12-14-9-5-2-6-10-14;1-2-6-10-8-4-3-7-9(10)5-1;7-5-3-1-2-4-6(5)8/h1-12H;1-8H;1-4,7-8H/b12-11+;;. The number of hydrogen-bond donors (Lipinski definition) is 2. The molecule has 0 saturated heterocycles. The first kappa shape index (κ1) is 22.4. The van der Waals surface area contributed by atoms with E-state index in [2.05, 4.69) is 84.9 Å². The lowest BCUT2D eigenvalue weighted by atomic mass is 10.1. The van der Waals surface area contributed by atoms with Crippen LogP contribution in [0.4, 0.5) is 0 Å². The molecular formula is C30H26O2. The fourth-order valence-electron chi connectivity index (χ4n) is 2.92. The first-order chi connectivity index (χ1) is 15.7. The van der Waals surface area contributed by atoms with E-state index in [0.29, 0.717) is 0 Å². The van der Waals surface area contributed by atoms with Crippen LogP contribution in [0.2, 0.25) is 0 Å². The Labute approximate surface area is 189 Å². The van der Waals surface area contributed by atoms with Crippen molar-refractivity contribution in [2.24, 2.45) is 0 Å². The van der Waals surface area contributed by atoms with E-state index in [9.17, 15) is 0 Å². The first-order valence-corrected chi connectivity index (χ1v) is 10.4. The van der Waals surface area contributed by atoms with Crippen LogP contribution >= 0.6 is 0 Å². The lowest BCUT2D eigenvalue weighted by Crippen LogP contribution is -1.70. The van der Waals surface area contributed by atoms with E-state index >= 15 is 0 Å². The number of phenolic OH excluding ortho intramolecular Hbond substituents is 2. The maximum absolute atomic E-state index is 8.67. The van der Waals surface area contributed by atoms with Gasteiger partial charge in [0.1, 0.15) is 0 Å². The van der Waals surface area contributed by atoms with Crippen LogP contribution in [0.25, 0.3) is 22.9 Å². The second kappa shape index (κ2) is 12.4. The van der Waals surface area contributed by atoms with Crippen molar-refractivity contribution in [2.75, 3.05) is 0 Å². The molecule has 0 aliphatic heterocycles. The molecule has 5 aromatic carbocycles. The minimum Gasteiger partial charge on any atom is -0.504 e. The predicted molar refractivity (Wildman–Crippen MR) is 136 cm³/mol. The molecule has 0 aliphatic carbocycles. The molecule has 2 heteroatoms. The molecule has 32 heavy (non-hydrogen) atoms. The Morgan fingerprint density at radius 3 is 0.938 bits per heavy atom. The summed E-state index contributed by atoms with van der Waals surface area (Å²) in [6.07, 6.45) is 4.24. The zero-order chi connectivity index (χ0) is 22.4. The van der Waals surface area contributed by atoms with Crippen LogP contribution in [0.15, 0.2) is 133 Å². The van der Waals surface area contributed by atoms with E-state index in [1.165, 1.54) is 34.0 Å². The Balaban J connectivity index is 0.000000142. The average molecular weight is 419 g/mol. The van der Waals surface area contributed by atoms with Gasteiger partial charge < -0.3 is 10.2 Å². The second-order valence-electron chi connectivity index (χ2n) is 6.99. The van der Waals surface area contributed by atoms with Gasteiger partial charge in [-0.3, -0.25) is 0 Å². The lowest BCUT2D eigenvalue weighted by molar-refractivity contribution is 0.404. The van der Waals surface area contributed by atoms with Crippen molar-refractivity contribution in [1.29, 1.82) is 0 Å². The van der Waals surface area contributed by atoms with Gasteiger partial charge >= 0.3 is 0 Å². The van der Waals surface area contributed by atoms with Gasteiger partial charge in [0, 0.05) is 0 Å². The largest absolute Gasteiger partial charge is 0.504 e. The third kappa shape index (κ3) is 7.51. The molecule has 0 amide bonds. The monoisotopic (exact) mass is 418 g/mol. The number of aromatic hydroxyl groups is 2. The third-order valence-corrected chi connectivity index (χ3v) is 4.61. The number of benzene rings is 5. The van der Waals surface area contributed by atoms with Gasteiger partial charge in [-0.25, -0.2) is 0 Å². The van der Waals surface area contributed by atoms with E-state index in [1.54, 1.807) is 12.1 Å². The molecule has 0 bridgehead atoms. The second-order valence-corrected chi connectivity index (χ2v) is 6.99. The topological polar surface area (TPSA) is 40.5 Å².